The van der Waals surface area contributed by atoms with Crippen molar-refractivity contribution in [2.45, 2.75) is 6.42 Å². The summed E-state index contributed by atoms with van der Waals surface area (Å²) in [4.78, 5) is 25.4. The number of benzene rings is 1. The quantitative estimate of drug-likeness (QED) is 0.807. The van der Waals surface area contributed by atoms with E-state index in [4.69, 9.17) is 0 Å². The Balaban J connectivity index is 1.88. The van der Waals surface area contributed by atoms with Crippen LogP contribution in [0.5, 0.6) is 0 Å². The van der Waals surface area contributed by atoms with Gasteiger partial charge in [-0.2, -0.15) is 11.3 Å². The fourth-order valence-corrected chi connectivity index (χ4v) is 3.22. The zero-order chi connectivity index (χ0) is 13.4. The number of carbonyl (C=O) groups excluding carboxylic acids is 2. The van der Waals surface area contributed by atoms with Crippen molar-refractivity contribution in [1.29, 1.82) is 0 Å². The van der Waals surface area contributed by atoms with Crippen LogP contribution < -0.4 is 4.90 Å². The van der Waals surface area contributed by atoms with Crippen molar-refractivity contribution < 1.29 is 9.59 Å². The maximum Gasteiger partial charge on any atom is 0.299 e. The van der Waals surface area contributed by atoms with Gasteiger partial charge in [0.05, 0.1) is 11.3 Å². The van der Waals surface area contributed by atoms with Gasteiger partial charge in [0.2, 0.25) is 0 Å². The Kier molecular flexibility index (Phi) is 3.24. The Morgan fingerprint density at radius 1 is 1.21 bits per heavy atom. The van der Waals surface area contributed by atoms with Gasteiger partial charge >= 0.3 is 0 Å². The molecule has 0 unspecified atom stereocenters. The van der Waals surface area contributed by atoms with Crippen molar-refractivity contribution in [3.05, 3.63) is 50.6 Å². The van der Waals surface area contributed by atoms with E-state index in [1.807, 2.05) is 17.5 Å². The molecule has 0 saturated carbocycles. The Morgan fingerprint density at radius 3 is 2.79 bits per heavy atom. The summed E-state index contributed by atoms with van der Waals surface area (Å²) in [7, 11) is 0. The molecule has 0 bridgehead atoms. The number of Topliss-reactive ketones (excluding diaryl/α,β-unsaturated/α-hetero) is 1. The summed E-state index contributed by atoms with van der Waals surface area (Å²) in [6.07, 6.45) is 0.758. The van der Waals surface area contributed by atoms with Crippen molar-refractivity contribution in [1.82, 2.24) is 0 Å². The van der Waals surface area contributed by atoms with Crippen LogP contribution in [0.3, 0.4) is 0 Å². The second kappa shape index (κ2) is 4.90. The van der Waals surface area contributed by atoms with Gasteiger partial charge in [-0.3, -0.25) is 9.59 Å². The molecule has 96 valence electrons. The van der Waals surface area contributed by atoms with Gasteiger partial charge in [-0.1, -0.05) is 15.9 Å². The zero-order valence-electron chi connectivity index (χ0n) is 9.93. The minimum atomic E-state index is -0.427. The first-order chi connectivity index (χ1) is 9.16. The number of thiophene rings is 1. The van der Waals surface area contributed by atoms with E-state index in [9.17, 15) is 9.59 Å². The third-order valence-electron chi connectivity index (χ3n) is 3.14. The average Bonchev–Trinajstić information content (AvgIpc) is 2.98. The Morgan fingerprint density at radius 2 is 2.05 bits per heavy atom. The van der Waals surface area contributed by atoms with Crippen molar-refractivity contribution in [3.8, 4) is 0 Å². The fourth-order valence-electron chi connectivity index (χ4n) is 2.17. The Labute approximate surface area is 123 Å². The molecule has 0 spiro atoms. The standard InChI is InChI=1S/C14H10BrNO2S/c15-10-1-2-11-12(7-10)16(14(18)13(11)17)5-3-9-4-6-19-8-9/h1-2,4,6-8H,3,5H2. The molecule has 0 radical (unpaired) electrons. The highest BCUT2D eigenvalue weighted by Crippen LogP contribution is 2.31. The van der Waals surface area contributed by atoms with Crippen LogP contribution in [-0.2, 0) is 11.2 Å². The molecular weight excluding hydrogens is 326 g/mol. The molecule has 0 saturated heterocycles. The maximum absolute atomic E-state index is 12.0. The summed E-state index contributed by atoms with van der Waals surface area (Å²) in [5, 5.41) is 4.07. The van der Waals surface area contributed by atoms with Crippen LogP contribution in [0, 0.1) is 0 Å². The second-order valence-corrected chi connectivity index (χ2v) is 6.02. The lowest BCUT2D eigenvalue weighted by atomic mass is 10.1. The van der Waals surface area contributed by atoms with E-state index in [2.05, 4.69) is 21.3 Å². The molecule has 1 aromatic carbocycles. The Hall–Kier alpha value is -1.46. The average molecular weight is 336 g/mol. The van der Waals surface area contributed by atoms with Gasteiger partial charge in [-0.25, -0.2) is 0 Å². The van der Waals surface area contributed by atoms with E-state index in [0.717, 1.165) is 10.9 Å². The van der Waals surface area contributed by atoms with E-state index in [-0.39, 0.29) is 0 Å². The summed E-state index contributed by atoms with van der Waals surface area (Å²) in [5.41, 5.74) is 2.40. The second-order valence-electron chi connectivity index (χ2n) is 4.33. The van der Waals surface area contributed by atoms with Gasteiger partial charge in [0, 0.05) is 11.0 Å². The largest absolute Gasteiger partial charge is 0.304 e. The molecule has 0 N–H and O–H groups in total. The molecule has 19 heavy (non-hydrogen) atoms. The van der Waals surface area contributed by atoms with E-state index >= 15 is 0 Å². The van der Waals surface area contributed by atoms with E-state index in [1.54, 1.807) is 28.4 Å². The van der Waals surface area contributed by atoms with Crippen molar-refractivity contribution in [3.63, 3.8) is 0 Å². The topological polar surface area (TPSA) is 37.4 Å². The number of halogens is 1. The smallest absolute Gasteiger partial charge is 0.299 e. The molecule has 0 atom stereocenters. The highest BCUT2D eigenvalue weighted by Gasteiger charge is 2.35. The van der Waals surface area contributed by atoms with E-state index in [1.165, 1.54) is 5.56 Å². The summed E-state index contributed by atoms with van der Waals surface area (Å²) in [5.74, 6) is -0.837. The zero-order valence-corrected chi connectivity index (χ0v) is 12.3. The molecule has 2 heterocycles. The maximum atomic E-state index is 12.0. The van der Waals surface area contributed by atoms with Crippen LogP contribution in [0.25, 0.3) is 0 Å². The first-order valence-corrected chi connectivity index (χ1v) is 7.57. The lowest BCUT2D eigenvalue weighted by molar-refractivity contribution is -0.114. The van der Waals surface area contributed by atoms with Crippen molar-refractivity contribution in [2.24, 2.45) is 0 Å². The summed E-state index contributed by atoms with van der Waals surface area (Å²) >= 11 is 5.01. The first kappa shape index (κ1) is 12.6. The molecule has 0 fully saturated rings. The highest BCUT2D eigenvalue weighted by atomic mass is 79.9. The van der Waals surface area contributed by atoms with Crippen molar-refractivity contribution >= 4 is 44.6 Å². The number of hydrogen-bond acceptors (Lipinski definition) is 3. The molecule has 0 aliphatic carbocycles. The third-order valence-corrected chi connectivity index (χ3v) is 4.36. The van der Waals surface area contributed by atoms with Crippen LogP contribution >= 0.6 is 27.3 Å². The SMILES string of the molecule is O=C1C(=O)N(CCc2ccsc2)c2cc(Br)ccc21. The predicted molar refractivity (Wildman–Crippen MR) is 78.8 cm³/mol. The van der Waals surface area contributed by atoms with Gasteiger partial charge in [0.15, 0.2) is 0 Å². The number of anilines is 1. The normalized spacial score (nSPS) is 14.1. The molecule has 1 aliphatic heterocycles. The van der Waals surface area contributed by atoms with Crippen LogP contribution in [0.4, 0.5) is 5.69 Å². The lowest BCUT2D eigenvalue weighted by Gasteiger charge is -2.16. The van der Waals surface area contributed by atoms with Crippen LogP contribution in [0.2, 0.25) is 0 Å². The van der Waals surface area contributed by atoms with Crippen LogP contribution in [-0.4, -0.2) is 18.2 Å². The number of fused-ring (bicyclic) bond motifs is 1. The first-order valence-electron chi connectivity index (χ1n) is 5.83. The number of carbonyl (C=O) groups is 2. The fraction of sp³-hybridized carbons (Fsp3) is 0.143. The molecule has 3 rings (SSSR count). The molecule has 5 heteroatoms. The number of amides is 1. The molecule has 1 aliphatic rings. The van der Waals surface area contributed by atoms with Gasteiger partial charge < -0.3 is 4.90 Å². The predicted octanol–water partition coefficient (Wildman–Crippen LogP) is 3.28. The Bertz CT molecular complexity index is 651. The van der Waals surface area contributed by atoms with E-state index in [0.29, 0.717) is 17.8 Å². The molecule has 2 aromatic rings. The minimum absolute atomic E-state index is 0.409. The minimum Gasteiger partial charge on any atom is -0.304 e. The highest BCUT2D eigenvalue weighted by molar-refractivity contribution is 9.10. The number of rotatable bonds is 3. The van der Waals surface area contributed by atoms with Gasteiger partial charge in [0.1, 0.15) is 0 Å². The summed E-state index contributed by atoms with van der Waals surface area (Å²) in [6, 6.07) is 7.34. The molecule has 1 amide bonds. The van der Waals surface area contributed by atoms with Crippen LogP contribution in [0.1, 0.15) is 15.9 Å². The monoisotopic (exact) mass is 335 g/mol. The number of nitrogens with zero attached hydrogens (tertiary/aromatic N) is 1. The van der Waals surface area contributed by atoms with Gasteiger partial charge in [-0.15, -0.1) is 0 Å². The summed E-state index contributed by atoms with van der Waals surface area (Å²) < 4.78 is 0.870. The lowest BCUT2D eigenvalue weighted by Crippen LogP contribution is -2.31. The third kappa shape index (κ3) is 2.24. The molecule has 1 aromatic heterocycles. The van der Waals surface area contributed by atoms with Gasteiger partial charge in [-0.05, 0) is 47.0 Å². The summed E-state index contributed by atoms with van der Waals surface area (Å²) in [6.45, 7) is 0.533. The van der Waals surface area contributed by atoms with E-state index < -0.39 is 11.7 Å². The number of ketones is 1. The van der Waals surface area contributed by atoms with Crippen molar-refractivity contribution in [2.75, 3.05) is 11.4 Å². The molecule has 3 nitrogen and oxygen atoms in total. The van der Waals surface area contributed by atoms with Crippen LogP contribution in [0.15, 0.2) is 39.5 Å². The van der Waals surface area contributed by atoms with Gasteiger partial charge in [0.25, 0.3) is 11.7 Å². The number of hydrogen-bond donors (Lipinski definition) is 0. The molecular formula is C14H10BrNO2S.